The molecule has 152 valence electrons. The molecule has 1 unspecified atom stereocenters. The summed E-state index contributed by atoms with van der Waals surface area (Å²) in [6.45, 7) is 4.20. The van der Waals surface area contributed by atoms with Crippen molar-refractivity contribution in [3.8, 4) is 0 Å². The van der Waals surface area contributed by atoms with Gasteiger partial charge in [0.15, 0.2) is 21.3 Å². The SMILES string of the molecule is CC(C1CC1)n1c(=O)c(NCCN2CCS(=O)(=O)CC2)nc2cnc(Cl)nc21. The van der Waals surface area contributed by atoms with E-state index in [2.05, 4.69) is 25.2 Å². The molecule has 1 saturated carbocycles. The third-order valence-corrected chi connectivity index (χ3v) is 7.26. The van der Waals surface area contributed by atoms with Gasteiger partial charge in [-0.3, -0.25) is 14.3 Å². The summed E-state index contributed by atoms with van der Waals surface area (Å²) >= 11 is 5.94. The molecule has 1 saturated heterocycles. The summed E-state index contributed by atoms with van der Waals surface area (Å²) in [7, 11) is -2.90. The zero-order valence-corrected chi connectivity index (χ0v) is 17.2. The minimum Gasteiger partial charge on any atom is -0.364 e. The van der Waals surface area contributed by atoms with Crippen molar-refractivity contribution in [2.45, 2.75) is 25.8 Å². The Kier molecular flexibility index (Phi) is 5.28. The molecule has 11 heteroatoms. The van der Waals surface area contributed by atoms with Gasteiger partial charge in [0.1, 0.15) is 5.52 Å². The number of nitrogens with one attached hydrogen (secondary N) is 1. The van der Waals surface area contributed by atoms with Gasteiger partial charge < -0.3 is 5.32 Å². The number of aromatic nitrogens is 4. The van der Waals surface area contributed by atoms with E-state index in [1.807, 2.05) is 6.92 Å². The van der Waals surface area contributed by atoms with Crippen LogP contribution in [0.4, 0.5) is 5.82 Å². The number of sulfone groups is 1. The van der Waals surface area contributed by atoms with Crippen LogP contribution in [0.15, 0.2) is 11.0 Å². The number of nitrogens with zero attached hydrogens (tertiary/aromatic N) is 5. The predicted octanol–water partition coefficient (Wildman–Crippen LogP) is 0.953. The Morgan fingerprint density at radius 2 is 2.00 bits per heavy atom. The maximum Gasteiger partial charge on any atom is 0.295 e. The van der Waals surface area contributed by atoms with E-state index in [1.165, 1.54) is 6.20 Å². The quantitative estimate of drug-likeness (QED) is 0.680. The van der Waals surface area contributed by atoms with Crippen LogP contribution < -0.4 is 10.9 Å². The minimum absolute atomic E-state index is 0.0109. The van der Waals surface area contributed by atoms with Crippen LogP contribution in [-0.4, -0.2) is 70.5 Å². The molecule has 2 aromatic rings. The number of hydrogen-bond donors (Lipinski definition) is 1. The predicted molar refractivity (Wildman–Crippen MR) is 108 cm³/mol. The molecule has 1 aliphatic carbocycles. The molecule has 9 nitrogen and oxygen atoms in total. The Morgan fingerprint density at radius 3 is 2.68 bits per heavy atom. The Labute approximate surface area is 168 Å². The van der Waals surface area contributed by atoms with Crippen LogP contribution in [-0.2, 0) is 9.84 Å². The molecular weight excluding hydrogens is 404 g/mol. The highest BCUT2D eigenvalue weighted by Gasteiger charge is 2.32. The van der Waals surface area contributed by atoms with E-state index >= 15 is 0 Å². The highest BCUT2D eigenvalue weighted by atomic mass is 35.5. The lowest BCUT2D eigenvalue weighted by atomic mass is 10.2. The smallest absolute Gasteiger partial charge is 0.295 e. The molecule has 0 aromatic carbocycles. The largest absolute Gasteiger partial charge is 0.364 e. The van der Waals surface area contributed by atoms with Crippen molar-refractivity contribution in [2.24, 2.45) is 5.92 Å². The molecule has 1 aliphatic heterocycles. The number of fused-ring (bicyclic) bond motifs is 1. The van der Waals surface area contributed by atoms with Crippen molar-refractivity contribution in [3.63, 3.8) is 0 Å². The van der Waals surface area contributed by atoms with Crippen LogP contribution in [0, 0.1) is 5.92 Å². The summed E-state index contributed by atoms with van der Waals surface area (Å²) in [6.07, 6.45) is 3.72. The van der Waals surface area contributed by atoms with E-state index in [-0.39, 0.29) is 34.2 Å². The van der Waals surface area contributed by atoms with Gasteiger partial charge in [0.25, 0.3) is 5.56 Å². The molecule has 4 rings (SSSR count). The van der Waals surface area contributed by atoms with Gasteiger partial charge in [-0.1, -0.05) is 0 Å². The van der Waals surface area contributed by atoms with Crippen LogP contribution >= 0.6 is 11.6 Å². The fraction of sp³-hybridized carbons (Fsp3) is 0.647. The monoisotopic (exact) mass is 426 g/mol. The van der Waals surface area contributed by atoms with E-state index in [0.29, 0.717) is 43.3 Å². The van der Waals surface area contributed by atoms with Crippen LogP contribution in [0.1, 0.15) is 25.8 Å². The van der Waals surface area contributed by atoms with Gasteiger partial charge in [0, 0.05) is 32.2 Å². The topological polar surface area (TPSA) is 110 Å². The third kappa shape index (κ3) is 4.13. The van der Waals surface area contributed by atoms with Crippen LogP contribution in [0.2, 0.25) is 5.28 Å². The average Bonchev–Trinajstić information content (AvgIpc) is 3.48. The highest BCUT2D eigenvalue weighted by Crippen LogP contribution is 2.39. The Hall–Kier alpha value is -1.78. The van der Waals surface area contributed by atoms with E-state index in [0.717, 1.165) is 12.8 Å². The summed E-state index contributed by atoms with van der Waals surface area (Å²) in [5.74, 6) is 1.09. The molecule has 3 heterocycles. The lowest BCUT2D eigenvalue weighted by Gasteiger charge is -2.26. The van der Waals surface area contributed by atoms with E-state index < -0.39 is 9.84 Å². The van der Waals surface area contributed by atoms with Gasteiger partial charge in [0.2, 0.25) is 5.28 Å². The second kappa shape index (κ2) is 7.57. The lowest BCUT2D eigenvalue weighted by Crippen LogP contribution is -2.42. The van der Waals surface area contributed by atoms with Crippen LogP contribution in [0.5, 0.6) is 0 Å². The third-order valence-electron chi connectivity index (χ3n) is 5.47. The van der Waals surface area contributed by atoms with Crippen LogP contribution in [0.25, 0.3) is 11.2 Å². The second-order valence-electron chi connectivity index (χ2n) is 7.48. The van der Waals surface area contributed by atoms with Crippen LogP contribution in [0.3, 0.4) is 0 Å². The van der Waals surface area contributed by atoms with Gasteiger partial charge >= 0.3 is 0 Å². The van der Waals surface area contributed by atoms with Gasteiger partial charge in [-0.2, -0.15) is 4.98 Å². The van der Waals surface area contributed by atoms with Crippen molar-refractivity contribution in [1.29, 1.82) is 0 Å². The molecule has 28 heavy (non-hydrogen) atoms. The average molecular weight is 427 g/mol. The van der Waals surface area contributed by atoms with Crippen molar-refractivity contribution in [1.82, 2.24) is 24.4 Å². The fourth-order valence-corrected chi connectivity index (χ4v) is 4.97. The molecule has 1 N–H and O–H groups in total. The van der Waals surface area contributed by atoms with Crippen molar-refractivity contribution in [2.75, 3.05) is 43.0 Å². The first-order valence-corrected chi connectivity index (χ1v) is 11.7. The maximum atomic E-state index is 13.1. The Balaban J connectivity index is 1.55. The number of rotatable bonds is 6. The summed E-state index contributed by atoms with van der Waals surface area (Å²) in [4.78, 5) is 27.8. The lowest BCUT2D eigenvalue weighted by molar-refractivity contribution is 0.307. The molecule has 2 aromatic heterocycles. The first-order chi connectivity index (χ1) is 13.3. The van der Waals surface area contributed by atoms with E-state index in [1.54, 1.807) is 4.57 Å². The standard InChI is InChI=1S/C17H23ClN6O3S/c1-11(12-2-3-12)24-15-13(10-20-17(18)22-15)21-14(16(24)25)19-4-5-23-6-8-28(26,27)9-7-23/h10-12H,2-9H2,1H3,(H,19,21). The van der Waals surface area contributed by atoms with Crippen molar-refractivity contribution < 1.29 is 8.42 Å². The summed E-state index contributed by atoms with van der Waals surface area (Å²) in [6, 6.07) is 0.0109. The maximum absolute atomic E-state index is 13.1. The molecule has 0 amide bonds. The van der Waals surface area contributed by atoms with Gasteiger partial charge in [0.05, 0.1) is 17.7 Å². The van der Waals surface area contributed by atoms with E-state index in [9.17, 15) is 13.2 Å². The first kappa shape index (κ1) is 19.5. The Bertz CT molecular complexity index is 1040. The number of anilines is 1. The molecule has 0 radical (unpaired) electrons. The number of halogens is 1. The normalized spacial score (nSPS) is 20.9. The second-order valence-corrected chi connectivity index (χ2v) is 10.1. The minimum atomic E-state index is -2.90. The number of hydrogen-bond acceptors (Lipinski definition) is 8. The zero-order valence-electron chi connectivity index (χ0n) is 15.6. The molecular formula is C17H23ClN6O3S. The Morgan fingerprint density at radius 1 is 1.29 bits per heavy atom. The highest BCUT2D eigenvalue weighted by molar-refractivity contribution is 7.91. The molecule has 2 aliphatic rings. The first-order valence-electron chi connectivity index (χ1n) is 9.45. The molecule has 0 bridgehead atoms. The summed E-state index contributed by atoms with van der Waals surface area (Å²) < 4.78 is 24.7. The summed E-state index contributed by atoms with van der Waals surface area (Å²) in [5, 5.41) is 3.21. The van der Waals surface area contributed by atoms with E-state index in [4.69, 9.17) is 11.6 Å². The molecule has 0 spiro atoms. The van der Waals surface area contributed by atoms with Crippen molar-refractivity contribution in [3.05, 3.63) is 21.8 Å². The molecule has 2 fully saturated rings. The summed E-state index contributed by atoms with van der Waals surface area (Å²) in [5.41, 5.74) is 0.752. The van der Waals surface area contributed by atoms with Gasteiger partial charge in [-0.05, 0) is 37.3 Å². The molecule has 1 atom stereocenters. The van der Waals surface area contributed by atoms with Gasteiger partial charge in [-0.25, -0.2) is 18.4 Å². The van der Waals surface area contributed by atoms with Gasteiger partial charge in [-0.15, -0.1) is 0 Å². The zero-order chi connectivity index (χ0) is 19.9. The van der Waals surface area contributed by atoms with Crippen molar-refractivity contribution >= 4 is 38.4 Å². The fourth-order valence-electron chi connectivity index (χ4n) is 3.57.